The molecule has 0 radical (unpaired) electrons. The van der Waals surface area contributed by atoms with Crippen LogP contribution >= 0.6 is 0 Å². The van der Waals surface area contributed by atoms with Gasteiger partial charge in [-0.15, -0.1) is 0 Å². The summed E-state index contributed by atoms with van der Waals surface area (Å²) in [7, 11) is 1.32. The number of methoxy groups -OCH3 is 1. The highest BCUT2D eigenvalue weighted by atomic mass is 16.5. The maximum absolute atomic E-state index is 11.4. The van der Waals surface area contributed by atoms with E-state index >= 15 is 0 Å². The number of aromatic nitrogens is 3. The lowest BCUT2D eigenvalue weighted by Crippen LogP contribution is -2.11. The highest BCUT2D eigenvalue weighted by Gasteiger charge is 2.23. The van der Waals surface area contributed by atoms with Crippen LogP contribution in [0.1, 0.15) is 23.5 Å². The van der Waals surface area contributed by atoms with Crippen LogP contribution in [0.3, 0.4) is 0 Å². The van der Waals surface area contributed by atoms with Crippen LogP contribution in [0, 0.1) is 0 Å². The molecule has 1 fully saturated rings. The zero-order valence-corrected chi connectivity index (χ0v) is 9.36. The fourth-order valence-electron chi connectivity index (χ4n) is 1.65. The Morgan fingerprint density at radius 2 is 2.35 bits per heavy atom. The van der Waals surface area contributed by atoms with Gasteiger partial charge < -0.3 is 15.0 Å². The Morgan fingerprint density at radius 1 is 1.53 bits per heavy atom. The van der Waals surface area contributed by atoms with E-state index in [-0.39, 0.29) is 5.82 Å². The van der Waals surface area contributed by atoms with E-state index in [1.165, 1.54) is 7.11 Å². The standard InChI is InChI=1S/C11H12N4O2/c1-17-11(16)10-14-8-7(4-5-12-8)9(15-10)13-6-2-3-6/h4-6H,2-3H2,1H3,(H2,12,13,14,15). The van der Waals surface area contributed by atoms with Crippen LogP contribution in [-0.4, -0.2) is 34.1 Å². The maximum Gasteiger partial charge on any atom is 0.376 e. The van der Waals surface area contributed by atoms with Crippen molar-refractivity contribution in [1.29, 1.82) is 0 Å². The lowest BCUT2D eigenvalue weighted by molar-refractivity contribution is 0.0587. The van der Waals surface area contributed by atoms with E-state index in [4.69, 9.17) is 0 Å². The first-order valence-electron chi connectivity index (χ1n) is 5.48. The first-order chi connectivity index (χ1) is 8.28. The van der Waals surface area contributed by atoms with E-state index < -0.39 is 5.97 Å². The lowest BCUT2D eigenvalue weighted by atomic mass is 10.3. The van der Waals surface area contributed by atoms with E-state index in [1.807, 2.05) is 6.07 Å². The molecule has 0 atom stereocenters. The monoisotopic (exact) mass is 232 g/mol. The van der Waals surface area contributed by atoms with Crippen LogP contribution < -0.4 is 5.32 Å². The molecule has 0 amide bonds. The molecule has 0 unspecified atom stereocenters. The van der Waals surface area contributed by atoms with E-state index in [2.05, 4.69) is 25.0 Å². The van der Waals surface area contributed by atoms with Crippen molar-refractivity contribution >= 4 is 22.8 Å². The normalized spacial score (nSPS) is 14.9. The summed E-state index contributed by atoms with van der Waals surface area (Å²) in [6.45, 7) is 0. The van der Waals surface area contributed by atoms with Crippen LogP contribution in [0.5, 0.6) is 0 Å². The molecule has 2 aromatic heterocycles. The molecular weight excluding hydrogens is 220 g/mol. The molecule has 0 aliphatic heterocycles. The third-order valence-electron chi connectivity index (χ3n) is 2.70. The zero-order chi connectivity index (χ0) is 11.8. The molecule has 0 bridgehead atoms. The predicted octanol–water partition coefficient (Wildman–Crippen LogP) is 1.32. The van der Waals surface area contributed by atoms with E-state index in [1.54, 1.807) is 6.20 Å². The molecule has 88 valence electrons. The fourth-order valence-corrected chi connectivity index (χ4v) is 1.65. The number of rotatable bonds is 3. The number of carbonyl (C=O) groups is 1. The van der Waals surface area contributed by atoms with E-state index in [9.17, 15) is 4.79 Å². The summed E-state index contributed by atoms with van der Waals surface area (Å²) in [5.41, 5.74) is 0.642. The lowest BCUT2D eigenvalue weighted by Gasteiger charge is -2.06. The number of hydrogen-bond acceptors (Lipinski definition) is 5. The van der Waals surface area contributed by atoms with Gasteiger partial charge in [-0.3, -0.25) is 0 Å². The number of carbonyl (C=O) groups excluding carboxylic acids is 1. The van der Waals surface area contributed by atoms with Gasteiger partial charge in [0.1, 0.15) is 11.5 Å². The highest BCUT2D eigenvalue weighted by Crippen LogP contribution is 2.27. The second-order valence-corrected chi connectivity index (χ2v) is 4.05. The minimum atomic E-state index is -0.527. The molecule has 17 heavy (non-hydrogen) atoms. The van der Waals surface area contributed by atoms with Crippen molar-refractivity contribution in [3.8, 4) is 0 Å². The quantitative estimate of drug-likeness (QED) is 0.780. The number of ether oxygens (including phenoxy) is 1. The van der Waals surface area contributed by atoms with Gasteiger partial charge >= 0.3 is 5.97 Å². The SMILES string of the molecule is COC(=O)c1nc(NC2CC2)c2cc[nH]c2n1. The Kier molecular flexibility index (Phi) is 2.21. The second kappa shape index (κ2) is 3.73. The van der Waals surface area contributed by atoms with Crippen molar-refractivity contribution in [3.63, 3.8) is 0 Å². The van der Waals surface area contributed by atoms with Gasteiger partial charge in [-0.2, -0.15) is 0 Å². The molecule has 0 saturated heterocycles. The average Bonchev–Trinajstić information content (AvgIpc) is 3.02. The summed E-state index contributed by atoms with van der Waals surface area (Å²) in [5.74, 6) is 0.241. The number of nitrogens with zero attached hydrogens (tertiary/aromatic N) is 2. The van der Waals surface area contributed by atoms with Crippen molar-refractivity contribution in [1.82, 2.24) is 15.0 Å². The summed E-state index contributed by atoms with van der Waals surface area (Å²) in [5, 5.41) is 4.18. The van der Waals surface area contributed by atoms with Crippen LogP contribution in [0.4, 0.5) is 5.82 Å². The van der Waals surface area contributed by atoms with Gasteiger partial charge in [0.2, 0.25) is 5.82 Å². The molecule has 3 rings (SSSR count). The zero-order valence-electron chi connectivity index (χ0n) is 9.36. The molecule has 1 aliphatic carbocycles. The van der Waals surface area contributed by atoms with Gasteiger partial charge in [-0.05, 0) is 18.9 Å². The number of H-pyrrole nitrogens is 1. The molecule has 2 aromatic rings. The molecule has 6 heteroatoms. The Labute approximate surface area is 97.4 Å². The van der Waals surface area contributed by atoms with Crippen LogP contribution in [0.25, 0.3) is 11.0 Å². The topological polar surface area (TPSA) is 79.9 Å². The molecule has 1 aliphatic rings. The molecule has 2 N–H and O–H groups in total. The summed E-state index contributed by atoms with van der Waals surface area (Å²) < 4.78 is 4.63. The second-order valence-electron chi connectivity index (χ2n) is 4.05. The minimum Gasteiger partial charge on any atom is -0.463 e. The van der Waals surface area contributed by atoms with Crippen molar-refractivity contribution in [2.45, 2.75) is 18.9 Å². The van der Waals surface area contributed by atoms with Crippen molar-refractivity contribution in [3.05, 3.63) is 18.1 Å². The van der Waals surface area contributed by atoms with Gasteiger partial charge in [0.05, 0.1) is 12.5 Å². The average molecular weight is 232 g/mol. The van der Waals surface area contributed by atoms with Crippen molar-refractivity contribution in [2.24, 2.45) is 0 Å². The van der Waals surface area contributed by atoms with Crippen LogP contribution in [0.2, 0.25) is 0 Å². The molecule has 0 aromatic carbocycles. The van der Waals surface area contributed by atoms with Gasteiger partial charge in [0.25, 0.3) is 0 Å². The number of aromatic amines is 1. The number of esters is 1. The van der Waals surface area contributed by atoms with E-state index in [0.717, 1.165) is 18.2 Å². The largest absolute Gasteiger partial charge is 0.463 e. The van der Waals surface area contributed by atoms with Crippen molar-refractivity contribution in [2.75, 3.05) is 12.4 Å². The summed E-state index contributed by atoms with van der Waals surface area (Å²) in [6, 6.07) is 2.36. The molecule has 1 saturated carbocycles. The third-order valence-corrected chi connectivity index (χ3v) is 2.70. The number of nitrogens with one attached hydrogen (secondary N) is 2. The maximum atomic E-state index is 11.4. The molecule has 6 nitrogen and oxygen atoms in total. The Bertz CT molecular complexity index is 574. The number of fused-ring (bicyclic) bond motifs is 1. The van der Waals surface area contributed by atoms with Gasteiger partial charge in [-0.1, -0.05) is 0 Å². The number of anilines is 1. The predicted molar refractivity (Wildman–Crippen MR) is 61.9 cm³/mol. The Morgan fingerprint density at radius 3 is 3.06 bits per heavy atom. The van der Waals surface area contributed by atoms with Gasteiger partial charge in [-0.25, -0.2) is 14.8 Å². The third kappa shape index (κ3) is 1.82. The van der Waals surface area contributed by atoms with Gasteiger partial charge in [0.15, 0.2) is 0 Å². The smallest absolute Gasteiger partial charge is 0.376 e. The summed E-state index contributed by atoms with van der Waals surface area (Å²) in [4.78, 5) is 22.7. The van der Waals surface area contributed by atoms with Crippen molar-refractivity contribution < 1.29 is 9.53 Å². The first kappa shape index (κ1) is 10.1. The Hall–Kier alpha value is -2.11. The first-order valence-corrected chi connectivity index (χ1v) is 5.48. The van der Waals surface area contributed by atoms with Crippen LogP contribution in [0.15, 0.2) is 12.3 Å². The van der Waals surface area contributed by atoms with E-state index in [0.29, 0.717) is 17.5 Å². The summed E-state index contributed by atoms with van der Waals surface area (Å²) >= 11 is 0. The molecule has 0 spiro atoms. The minimum absolute atomic E-state index is 0.0746. The van der Waals surface area contributed by atoms with Crippen LogP contribution in [-0.2, 0) is 4.74 Å². The summed E-state index contributed by atoms with van der Waals surface area (Å²) in [6.07, 6.45) is 4.06. The number of hydrogen-bond donors (Lipinski definition) is 2. The molecular formula is C11H12N4O2. The Balaban J connectivity index is 2.08. The fraction of sp³-hybridized carbons (Fsp3) is 0.364. The van der Waals surface area contributed by atoms with Gasteiger partial charge in [0, 0.05) is 12.2 Å². The highest BCUT2D eigenvalue weighted by molar-refractivity contribution is 5.93. The molecule has 2 heterocycles.